The van der Waals surface area contributed by atoms with Crippen molar-refractivity contribution in [3.63, 3.8) is 0 Å². The summed E-state index contributed by atoms with van der Waals surface area (Å²) in [5.41, 5.74) is 1.69. The summed E-state index contributed by atoms with van der Waals surface area (Å²) in [6.07, 6.45) is 5.38. The Morgan fingerprint density at radius 1 is 1.09 bits per heavy atom. The molecule has 5 rings (SSSR count). The quantitative estimate of drug-likeness (QED) is 0.765. The molecule has 5 heterocycles. The molecule has 2 aromatic rings. The third-order valence-corrected chi connectivity index (χ3v) is 6.87. The van der Waals surface area contributed by atoms with Crippen molar-refractivity contribution in [2.24, 2.45) is 0 Å². The molecule has 0 unspecified atom stereocenters. The number of nitrogens with zero attached hydrogens (tertiary/aromatic N) is 5. The maximum atomic E-state index is 13.4. The Balaban J connectivity index is 1.41. The number of amides is 3. The van der Waals surface area contributed by atoms with E-state index in [1.807, 2.05) is 18.7 Å². The SMILES string of the molecule is CC(C)NC(=O)N1CC[C@@]2(CCn3c2nc2c(c3=O)CN(C(=O)c3ccncc3)CC2)C1. The Morgan fingerprint density at radius 2 is 1.84 bits per heavy atom. The van der Waals surface area contributed by atoms with Gasteiger partial charge in [-0.2, -0.15) is 0 Å². The second-order valence-corrected chi connectivity index (χ2v) is 9.34. The van der Waals surface area contributed by atoms with Gasteiger partial charge >= 0.3 is 6.03 Å². The molecule has 3 aliphatic rings. The maximum absolute atomic E-state index is 13.4. The van der Waals surface area contributed by atoms with Crippen molar-refractivity contribution >= 4 is 11.9 Å². The van der Waals surface area contributed by atoms with Crippen LogP contribution in [0.5, 0.6) is 0 Å². The van der Waals surface area contributed by atoms with Crippen LogP contribution >= 0.6 is 0 Å². The van der Waals surface area contributed by atoms with Crippen molar-refractivity contribution in [2.75, 3.05) is 19.6 Å². The summed E-state index contributed by atoms with van der Waals surface area (Å²) in [7, 11) is 0. The third kappa shape index (κ3) is 3.36. The van der Waals surface area contributed by atoms with Crippen LogP contribution in [0.2, 0.25) is 0 Å². The van der Waals surface area contributed by atoms with Gasteiger partial charge in [-0.25, -0.2) is 9.78 Å². The van der Waals surface area contributed by atoms with Gasteiger partial charge in [-0.05, 0) is 38.8 Å². The largest absolute Gasteiger partial charge is 0.336 e. The highest BCUT2D eigenvalue weighted by Gasteiger charge is 2.48. The zero-order valence-electron chi connectivity index (χ0n) is 18.5. The number of hydrogen-bond donors (Lipinski definition) is 1. The molecule has 1 fully saturated rings. The van der Waals surface area contributed by atoms with Gasteiger partial charge in [0.15, 0.2) is 0 Å². The van der Waals surface area contributed by atoms with Crippen LogP contribution in [0.3, 0.4) is 0 Å². The lowest BCUT2D eigenvalue weighted by atomic mass is 9.85. The van der Waals surface area contributed by atoms with Crippen molar-refractivity contribution in [2.45, 2.75) is 57.7 Å². The molecule has 0 aromatic carbocycles. The molecule has 9 nitrogen and oxygen atoms in total. The van der Waals surface area contributed by atoms with Crippen LogP contribution in [0.15, 0.2) is 29.3 Å². The molecule has 3 amide bonds. The summed E-state index contributed by atoms with van der Waals surface area (Å²) in [5.74, 6) is 0.719. The topological polar surface area (TPSA) is 100 Å². The minimum atomic E-state index is -0.257. The fourth-order valence-corrected chi connectivity index (χ4v) is 5.19. The van der Waals surface area contributed by atoms with Crippen LogP contribution in [0.25, 0.3) is 0 Å². The Labute approximate surface area is 186 Å². The number of fused-ring (bicyclic) bond motifs is 3. The zero-order valence-corrected chi connectivity index (χ0v) is 18.5. The van der Waals surface area contributed by atoms with E-state index in [2.05, 4.69) is 10.3 Å². The molecule has 9 heteroatoms. The summed E-state index contributed by atoms with van der Waals surface area (Å²) < 4.78 is 1.78. The van der Waals surface area contributed by atoms with E-state index in [1.54, 1.807) is 34.0 Å². The lowest BCUT2D eigenvalue weighted by molar-refractivity contribution is 0.0732. The van der Waals surface area contributed by atoms with Gasteiger partial charge in [0, 0.05) is 62.0 Å². The van der Waals surface area contributed by atoms with Crippen molar-refractivity contribution in [3.8, 4) is 0 Å². The van der Waals surface area contributed by atoms with Crippen molar-refractivity contribution in [1.29, 1.82) is 0 Å². The van der Waals surface area contributed by atoms with Gasteiger partial charge in [0.25, 0.3) is 11.5 Å². The summed E-state index contributed by atoms with van der Waals surface area (Å²) in [6, 6.07) is 3.41. The molecule has 0 saturated carbocycles. The average Bonchev–Trinajstić information content (AvgIpc) is 3.38. The predicted octanol–water partition coefficient (Wildman–Crippen LogP) is 1.30. The zero-order chi connectivity index (χ0) is 22.5. The molecule has 1 spiro atoms. The Kier molecular flexibility index (Phi) is 4.98. The lowest BCUT2D eigenvalue weighted by Gasteiger charge is -2.30. The molecule has 32 heavy (non-hydrogen) atoms. The minimum absolute atomic E-state index is 0.0424. The number of nitrogens with one attached hydrogen (secondary N) is 1. The van der Waals surface area contributed by atoms with Crippen LogP contribution in [0.4, 0.5) is 4.79 Å². The Hall–Kier alpha value is -3.23. The normalized spacial score (nSPS) is 21.7. The second kappa shape index (κ2) is 7.72. The molecular formula is C23H28N6O3. The molecule has 168 valence electrons. The van der Waals surface area contributed by atoms with E-state index in [1.165, 1.54) is 0 Å². The van der Waals surface area contributed by atoms with Crippen LogP contribution in [0, 0.1) is 0 Å². The van der Waals surface area contributed by atoms with Gasteiger partial charge < -0.3 is 15.1 Å². The minimum Gasteiger partial charge on any atom is -0.336 e. The number of aromatic nitrogens is 3. The van der Waals surface area contributed by atoms with Crippen LogP contribution in [-0.4, -0.2) is 61.9 Å². The molecule has 1 atom stereocenters. The fraction of sp³-hybridized carbons (Fsp3) is 0.522. The molecule has 2 aromatic heterocycles. The summed E-state index contributed by atoms with van der Waals surface area (Å²) in [5, 5.41) is 2.96. The first kappa shape index (κ1) is 20.7. The Morgan fingerprint density at radius 3 is 2.59 bits per heavy atom. The van der Waals surface area contributed by atoms with Gasteiger partial charge in [-0.1, -0.05) is 0 Å². The number of carbonyl (C=O) groups excluding carboxylic acids is 2. The van der Waals surface area contributed by atoms with E-state index in [9.17, 15) is 14.4 Å². The Bertz CT molecular complexity index is 1130. The van der Waals surface area contributed by atoms with E-state index in [0.29, 0.717) is 43.7 Å². The first-order valence-electron chi connectivity index (χ1n) is 11.3. The summed E-state index contributed by atoms with van der Waals surface area (Å²) in [4.78, 5) is 51.3. The smallest absolute Gasteiger partial charge is 0.317 e. The number of urea groups is 1. The highest BCUT2D eigenvalue weighted by atomic mass is 16.2. The number of hydrogen-bond acceptors (Lipinski definition) is 5. The lowest BCUT2D eigenvalue weighted by Crippen LogP contribution is -2.44. The molecule has 0 radical (unpaired) electrons. The van der Waals surface area contributed by atoms with Crippen LogP contribution in [-0.2, 0) is 24.9 Å². The van der Waals surface area contributed by atoms with E-state index in [4.69, 9.17) is 4.98 Å². The van der Waals surface area contributed by atoms with E-state index in [0.717, 1.165) is 24.4 Å². The number of pyridine rings is 1. The average molecular weight is 437 g/mol. The molecule has 1 saturated heterocycles. The molecule has 0 aliphatic carbocycles. The highest BCUT2D eigenvalue weighted by molar-refractivity contribution is 5.94. The first-order valence-corrected chi connectivity index (χ1v) is 11.3. The fourth-order valence-electron chi connectivity index (χ4n) is 5.19. The molecule has 0 bridgehead atoms. The second-order valence-electron chi connectivity index (χ2n) is 9.34. The van der Waals surface area contributed by atoms with Crippen molar-refractivity contribution < 1.29 is 9.59 Å². The van der Waals surface area contributed by atoms with E-state index in [-0.39, 0.29) is 35.5 Å². The predicted molar refractivity (Wildman–Crippen MR) is 117 cm³/mol. The third-order valence-electron chi connectivity index (χ3n) is 6.87. The first-order chi connectivity index (χ1) is 15.4. The number of carbonyl (C=O) groups is 2. The van der Waals surface area contributed by atoms with Gasteiger partial charge in [0.1, 0.15) is 5.82 Å². The van der Waals surface area contributed by atoms with Crippen LogP contribution in [0.1, 0.15) is 54.1 Å². The molecule has 3 aliphatic heterocycles. The van der Waals surface area contributed by atoms with Gasteiger partial charge in [-0.3, -0.25) is 19.1 Å². The highest BCUT2D eigenvalue weighted by Crippen LogP contribution is 2.41. The summed E-state index contributed by atoms with van der Waals surface area (Å²) in [6.45, 7) is 6.56. The van der Waals surface area contributed by atoms with Gasteiger partial charge in [0.2, 0.25) is 0 Å². The summed E-state index contributed by atoms with van der Waals surface area (Å²) >= 11 is 0. The molecular weight excluding hydrogens is 408 g/mol. The van der Waals surface area contributed by atoms with Gasteiger partial charge in [-0.15, -0.1) is 0 Å². The van der Waals surface area contributed by atoms with Crippen molar-refractivity contribution in [3.05, 3.63) is 57.5 Å². The van der Waals surface area contributed by atoms with E-state index < -0.39 is 0 Å². The molecule has 1 N–H and O–H groups in total. The van der Waals surface area contributed by atoms with Crippen LogP contribution < -0.4 is 10.9 Å². The van der Waals surface area contributed by atoms with E-state index >= 15 is 0 Å². The van der Waals surface area contributed by atoms with Gasteiger partial charge in [0.05, 0.1) is 17.8 Å². The monoisotopic (exact) mass is 436 g/mol. The standard InChI is InChI=1S/C23H28N6O3/c1-15(2)25-22(32)28-11-6-23(14-28)7-12-29-20(31)17-13-27(10-5-18(17)26-21(23)29)19(30)16-3-8-24-9-4-16/h3-4,8-9,15H,5-7,10-14H2,1-2H3,(H,25,32)/t23-/m1/s1. The van der Waals surface area contributed by atoms with Crippen molar-refractivity contribution in [1.82, 2.24) is 29.7 Å². The maximum Gasteiger partial charge on any atom is 0.317 e. The number of rotatable bonds is 2. The number of likely N-dealkylation sites (tertiary alicyclic amines) is 1.